The van der Waals surface area contributed by atoms with E-state index in [1.165, 1.54) is 35.8 Å². The van der Waals surface area contributed by atoms with Gasteiger partial charge in [0.2, 0.25) is 0 Å². The van der Waals surface area contributed by atoms with E-state index in [1.54, 1.807) is 36.6 Å². The van der Waals surface area contributed by atoms with E-state index < -0.39 is 17.4 Å². The number of nitro groups is 1. The molecule has 1 amide bonds. The Bertz CT molecular complexity index is 1080. The predicted molar refractivity (Wildman–Crippen MR) is 105 cm³/mol. The summed E-state index contributed by atoms with van der Waals surface area (Å²) in [4.78, 5) is 27.8. The van der Waals surface area contributed by atoms with Crippen LogP contribution in [0.4, 0.5) is 10.8 Å². The van der Waals surface area contributed by atoms with Crippen molar-refractivity contribution in [2.24, 2.45) is 0 Å². The summed E-state index contributed by atoms with van der Waals surface area (Å²) in [6.45, 7) is -0.406. The summed E-state index contributed by atoms with van der Waals surface area (Å²) in [7, 11) is 0. The lowest BCUT2D eigenvalue weighted by Gasteiger charge is -2.06. The predicted octanol–water partition coefficient (Wildman–Crippen LogP) is 4.59. The van der Waals surface area contributed by atoms with Crippen LogP contribution in [0.3, 0.4) is 0 Å². The Morgan fingerprint density at radius 2 is 1.83 bits per heavy atom. The molecule has 0 aliphatic rings. The third-order valence-corrected chi connectivity index (χ3v) is 4.78. The number of thiazole rings is 1. The third-order valence-electron chi connectivity index (χ3n) is 3.79. The van der Waals surface area contributed by atoms with Crippen LogP contribution in [0.15, 0.2) is 69.9 Å². The van der Waals surface area contributed by atoms with Gasteiger partial charge in [0.15, 0.2) is 23.2 Å². The Morgan fingerprint density at radius 1 is 1.10 bits per heavy atom. The van der Waals surface area contributed by atoms with Gasteiger partial charge in [0.05, 0.1) is 17.4 Å². The van der Waals surface area contributed by atoms with Crippen molar-refractivity contribution >= 4 is 28.1 Å². The fourth-order valence-corrected chi connectivity index (χ4v) is 3.51. The smallest absolute Gasteiger partial charge is 0.310 e. The molecule has 3 heterocycles. The molecule has 4 aromatic rings. The fraction of sp³-hybridized carbons (Fsp3) is 0.0526. The van der Waals surface area contributed by atoms with Crippen LogP contribution in [0.5, 0.6) is 5.75 Å². The topological polar surface area (TPSA) is 121 Å². The second-order valence-electron chi connectivity index (χ2n) is 5.71. The van der Waals surface area contributed by atoms with E-state index >= 15 is 0 Å². The lowest BCUT2D eigenvalue weighted by Crippen LogP contribution is -2.20. The number of carbonyl (C=O) groups is 1. The minimum Gasteiger partial charge on any atom is -0.477 e. The summed E-state index contributed by atoms with van der Waals surface area (Å²) in [6.07, 6.45) is 3.07. The van der Waals surface area contributed by atoms with Crippen LogP contribution in [-0.2, 0) is 4.79 Å². The van der Waals surface area contributed by atoms with E-state index in [-0.39, 0.29) is 11.4 Å². The maximum atomic E-state index is 12.3. The largest absolute Gasteiger partial charge is 0.477 e. The van der Waals surface area contributed by atoms with Crippen LogP contribution in [0.2, 0.25) is 0 Å². The molecule has 0 saturated heterocycles. The van der Waals surface area contributed by atoms with Gasteiger partial charge in [-0.15, -0.1) is 0 Å². The number of nitrogens with zero attached hydrogens (tertiary/aromatic N) is 2. The van der Waals surface area contributed by atoms with E-state index in [9.17, 15) is 14.9 Å². The molecule has 1 N–H and O–H groups in total. The Morgan fingerprint density at radius 3 is 2.52 bits per heavy atom. The van der Waals surface area contributed by atoms with Crippen LogP contribution in [-0.4, -0.2) is 22.4 Å². The highest BCUT2D eigenvalue weighted by Gasteiger charge is 2.20. The Balaban J connectivity index is 1.51. The van der Waals surface area contributed by atoms with Crippen molar-refractivity contribution in [3.63, 3.8) is 0 Å². The highest BCUT2D eigenvalue weighted by molar-refractivity contribution is 7.19. The van der Waals surface area contributed by atoms with Gasteiger partial charge in [0.25, 0.3) is 5.91 Å². The summed E-state index contributed by atoms with van der Waals surface area (Å²) < 4.78 is 16.2. The zero-order valence-corrected chi connectivity index (χ0v) is 15.5. The van der Waals surface area contributed by atoms with Gasteiger partial charge >= 0.3 is 5.69 Å². The molecule has 0 fully saturated rings. The SMILES string of the molecule is O=C(COc1ccccc1[N+](=O)[O-])Nc1nc(-c2ccco2)c(-c2ccco2)s1. The number of nitrogens with one attached hydrogen (secondary N) is 1. The number of hydrogen-bond donors (Lipinski definition) is 1. The van der Waals surface area contributed by atoms with Gasteiger partial charge in [-0.1, -0.05) is 23.5 Å². The van der Waals surface area contributed by atoms with Crippen LogP contribution < -0.4 is 10.1 Å². The third kappa shape index (κ3) is 4.01. The maximum absolute atomic E-state index is 12.3. The summed E-state index contributed by atoms with van der Waals surface area (Å²) in [5.74, 6) is 0.628. The molecule has 4 rings (SSSR count). The number of rotatable bonds is 7. The molecule has 10 heteroatoms. The molecule has 0 radical (unpaired) electrons. The van der Waals surface area contributed by atoms with Gasteiger partial charge in [-0.3, -0.25) is 20.2 Å². The van der Waals surface area contributed by atoms with Gasteiger partial charge in [-0.2, -0.15) is 0 Å². The molecule has 0 unspecified atom stereocenters. The van der Waals surface area contributed by atoms with Gasteiger partial charge < -0.3 is 13.6 Å². The van der Waals surface area contributed by atoms with Gasteiger partial charge in [-0.05, 0) is 30.3 Å². The average Bonchev–Trinajstić information content (AvgIpc) is 3.46. The summed E-state index contributed by atoms with van der Waals surface area (Å²) in [5, 5.41) is 14.0. The molecule has 146 valence electrons. The average molecular weight is 411 g/mol. The van der Waals surface area contributed by atoms with Crippen molar-refractivity contribution in [1.29, 1.82) is 0 Å². The highest BCUT2D eigenvalue weighted by atomic mass is 32.1. The second kappa shape index (κ2) is 7.98. The van der Waals surface area contributed by atoms with Crippen molar-refractivity contribution in [1.82, 2.24) is 4.98 Å². The van der Waals surface area contributed by atoms with E-state index in [0.717, 1.165) is 0 Å². The van der Waals surface area contributed by atoms with Gasteiger partial charge in [0.1, 0.15) is 16.3 Å². The minimum absolute atomic E-state index is 0.0133. The normalized spacial score (nSPS) is 10.6. The molecule has 0 bridgehead atoms. The molecular weight excluding hydrogens is 398 g/mol. The van der Waals surface area contributed by atoms with Crippen LogP contribution in [0.1, 0.15) is 0 Å². The van der Waals surface area contributed by atoms with Crippen molar-refractivity contribution < 1.29 is 23.3 Å². The first-order valence-corrected chi connectivity index (χ1v) is 9.18. The van der Waals surface area contributed by atoms with E-state index in [0.29, 0.717) is 27.2 Å². The molecule has 0 aliphatic heterocycles. The molecule has 1 aromatic carbocycles. The lowest BCUT2D eigenvalue weighted by atomic mass is 10.2. The number of aromatic nitrogens is 1. The zero-order chi connectivity index (χ0) is 20.2. The maximum Gasteiger partial charge on any atom is 0.310 e. The molecule has 0 atom stereocenters. The number of ether oxygens (including phenoxy) is 1. The first-order valence-electron chi connectivity index (χ1n) is 8.36. The minimum atomic E-state index is -0.570. The number of nitro benzene ring substituents is 1. The summed E-state index contributed by atoms with van der Waals surface area (Å²) in [5.41, 5.74) is 0.319. The van der Waals surface area contributed by atoms with Gasteiger partial charge in [0, 0.05) is 6.07 Å². The van der Waals surface area contributed by atoms with E-state index in [4.69, 9.17) is 13.6 Å². The zero-order valence-electron chi connectivity index (χ0n) is 14.7. The first kappa shape index (κ1) is 18.4. The number of carbonyl (C=O) groups excluding carboxylic acids is 1. The summed E-state index contributed by atoms with van der Waals surface area (Å²) >= 11 is 1.21. The van der Waals surface area contributed by atoms with Crippen molar-refractivity contribution in [3.8, 4) is 27.8 Å². The Labute approximate surface area is 167 Å². The standard InChI is InChI=1S/C19H13N3O6S/c23-16(11-28-13-6-2-1-5-12(13)22(24)25)20-19-21-17(14-7-3-9-26-14)18(29-19)15-8-4-10-27-15/h1-10H,11H2,(H,20,21,23). The lowest BCUT2D eigenvalue weighted by molar-refractivity contribution is -0.385. The van der Waals surface area contributed by atoms with Crippen LogP contribution >= 0.6 is 11.3 Å². The number of anilines is 1. The molecule has 9 nitrogen and oxygen atoms in total. The van der Waals surface area contributed by atoms with Gasteiger partial charge in [-0.25, -0.2) is 4.98 Å². The monoisotopic (exact) mass is 411 g/mol. The summed E-state index contributed by atoms with van der Waals surface area (Å²) in [6, 6.07) is 12.9. The first-order chi connectivity index (χ1) is 14.1. The molecular formula is C19H13N3O6S. The van der Waals surface area contributed by atoms with Crippen LogP contribution in [0.25, 0.3) is 22.1 Å². The Kier molecular flexibility index (Phi) is 5.08. The van der Waals surface area contributed by atoms with Crippen molar-refractivity contribution in [2.45, 2.75) is 0 Å². The van der Waals surface area contributed by atoms with E-state index in [1.807, 2.05) is 0 Å². The van der Waals surface area contributed by atoms with E-state index in [2.05, 4.69) is 10.3 Å². The molecule has 0 saturated carbocycles. The molecule has 0 spiro atoms. The quantitative estimate of drug-likeness (QED) is 0.349. The fourth-order valence-electron chi connectivity index (χ4n) is 2.56. The Hall–Kier alpha value is -3.92. The number of hydrogen-bond acceptors (Lipinski definition) is 8. The van der Waals surface area contributed by atoms with Crippen molar-refractivity contribution in [3.05, 3.63) is 71.2 Å². The van der Waals surface area contributed by atoms with Crippen molar-refractivity contribution in [2.75, 3.05) is 11.9 Å². The number of benzene rings is 1. The number of furan rings is 2. The number of para-hydroxylation sites is 2. The highest BCUT2D eigenvalue weighted by Crippen LogP contribution is 2.39. The number of amides is 1. The molecule has 0 aliphatic carbocycles. The van der Waals surface area contributed by atoms with Crippen LogP contribution in [0, 0.1) is 10.1 Å². The molecule has 29 heavy (non-hydrogen) atoms. The molecule has 3 aromatic heterocycles. The second-order valence-corrected chi connectivity index (χ2v) is 6.71.